The van der Waals surface area contributed by atoms with Crippen molar-refractivity contribution in [3.8, 4) is 0 Å². The van der Waals surface area contributed by atoms with Crippen molar-refractivity contribution in [1.29, 1.82) is 0 Å². The van der Waals surface area contributed by atoms with Gasteiger partial charge in [-0.3, -0.25) is 19.2 Å². The van der Waals surface area contributed by atoms with Crippen molar-refractivity contribution in [2.75, 3.05) is 17.8 Å². The van der Waals surface area contributed by atoms with E-state index >= 15 is 0 Å². The van der Waals surface area contributed by atoms with Crippen molar-refractivity contribution in [2.45, 2.75) is 43.9 Å². The van der Waals surface area contributed by atoms with Crippen molar-refractivity contribution < 1.29 is 24.3 Å². The average molecular weight is 471 g/mol. The summed E-state index contributed by atoms with van der Waals surface area (Å²) in [4.78, 5) is 48.9. The van der Waals surface area contributed by atoms with Crippen LogP contribution in [0, 0.1) is 0 Å². The molecule has 172 valence electrons. The average Bonchev–Trinajstić information content (AvgIpc) is 2.75. The number of aliphatic carboxylic acids is 1. The minimum Gasteiger partial charge on any atom is -0.480 e. The molecule has 11 heteroatoms. The van der Waals surface area contributed by atoms with E-state index < -0.39 is 47.9 Å². The zero-order valence-corrected chi connectivity index (χ0v) is 19.2. The number of nitrogens with one attached hydrogen (secondary N) is 3. The van der Waals surface area contributed by atoms with E-state index in [1.807, 2.05) is 36.6 Å². The summed E-state index contributed by atoms with van der Waals surface area (Å²) in [5, 5.41) is 16.7. The Kier molecular flexibility index (Phi) is 12.1. The SMILES string of the molecule is CSCCC(NC(=O)C(Cc1ccccc1)NC(=O)C(N)CS)C(=O)NC(C)C(=O)O. The first-order valence-electron chi connectivity index (χ1n) is 9.72. The van der Waals surface area contributed by atoms with E-state index in [-0.39, 0.29) is 12.2 Å². The van der Waals surface area contributed by atoms with Crippen LogP contribution in [0.5, 0.6) is 0 Å². The Morgan fingerprint density at radius 2 is 1.61 bits per heavy atom. The molecule has 0 heterocycles. The lowest BCUT2D eigenvalue weighted by Crippen LogP contribution is -2.57. The van der Waals surface area contributed by atoms with Crippen LogP contribution < -0.4 is 21.7 Å². The van der Waals surface area contributed by atoms with Crippen LogP contribution >= 0.6 is 24.4 Å². The van der Waals surface area contributed by atoms with Gasteiger partial charge in [0.2, 0.25) is 17.7 Å². The molecule has 3 amide bonds. The summed E-state index contributed by atoms with van der Waals surface area (Å²) in [6, 6.07) is 5.18. The van der Waals surface area contributed by atoms with Crippen LogP contribution in [0.2, 0.25) is 0 Å². The molecule has 1 aromatic carbocycles. The molecule has 4 atom stereocenters. The lowest BCUT2D eigenvalue weighted by Gasteiger charge is -2.24. The van der Waals surface area contributed by atoms with Gasteiger partial charge >= 0.3 is 5.97 Å². The fourth-order valence-electron chi connectivity index (χ4n) is 2.57. The van der Waals surface area contributed by atoms with Crippen LogP contribution in [-0.2, 0) is 25.6 Å². The molecule has 0 aliphatic rings. The summed E-state index contributed by atoms with van der Waals surface area (Å²) in [7, 11) is 0. The molecular formula is C20H30N4O5S2. The number of carbonyl (C=O) groups is 4. The number of hydrogen-bond acceptors (Lipinski definition) is 7. The molecule has 31 heavy (non-hydrogen) atoms. The van der Waals surface area contributed by atoms with Gasteiger partial charge in [-0.1, -0.05) is 30.3 Å². The molecule has 1 rings (SSSR count). The predicted molar refractivity (Wildman–Crippen MR) is 124 cm³/mol. The van der Waals surface area contributed by atoms with Crippen LogP contribution in [0.25, 0.3) is 0 Å². The third kappa shape index (κ3) is 9.62. The minimum atomic E-state index is -1.18. The number of amides is 3. The number of rotatable bonds is 13. The van der Waals surface area contributed by atoms with Gasteiger partial charge in [-0.2, -0.15) is 24.4 Å². The molecule has 0 aliphatic carbocycles. The monoisotopic (exact) mass is 470 g/mol. The normalized spacial score (nSPS) is 14.6. The first kappa shape index (κ1) is 26.8. The van der Waals surface area contributed by atoms with E-state index in [1.54, 1.807) is 0 Å². The third-order valence-corrected chi connectivity index (χ3v) is 5.46. The Morgan fingerprint density at radius 3 is 2.16 bits per heavy atom. The second-order valence-electron chi connectivity index (χ2n) is 6.95. The maximum absolute atomic E-state index is 13.0. The molecule has 4 unspecified atom stereocenters. The molecular weight excluding hydrogens is 440 g/mol. The standard InChI is InChI=1S/C20H30N4O5S2/c1-12(20(28)29)22-18(26)15(8-9-31-2)23-19(27)16(24-17(25)14(21)11-30)10-13-6-4-3-5-7-13/h3-7,12,14-16,30H,8-11,21H2,1-2H3,(H,22,26)(H,23,27)(H,24,25)(H,28,29). The van der Waals surface area contributed by atoms with E-state index in [0.29, 0.717) is 12.2 Å². The summed E-state index contributed by atoms with van der Waals surface area (Å²) < 4.78 is 0. The molecule has 1 aromatic rings. The van der Waals surface area contributed by atoms with E-state index in [0.717, 1.165) is 5.56 Å². The molecule has 0 radical (unpaired) electrons. The molecule has 0 spiro atoms. The van der Waals surface area contributed by atoms with E-state index in [4.69, 9.17) is 10.8 Å². The Labute approximate surface area is 191 Å². The number of carboxylic acids is 1. The molecule has 0 saturated carbocycles. The highest BCUT2D eigenvalue weighted by molar-refractivity contribution is 7.98. The Bertz CT molecular complexity index is 750. The summed E-state index contributed by atoms with van der Waals surface area (Å²) in [5.41, 5.74) is 6.53. The van der Waals surface area contributed by atoms with Gasteiger partial charge in [0.05, 0.1) is 6.04 Å². The molecule has 0 aliphatic heterocycles. The number of carboxylic acid groups (broad SMARTS) is 1. The lowest BCUT2D eigenvalue weighted by atomic mass is 10.0. The van der Waals surface area contributed by atoms with Gasteiger partial charge in [-0.15, -0.1) is 0 Å². The molecule has 6 N–H and O–H groups in total. The van der Waals surface area contributed by atoms with Crippen LogP contribution in [0.1, 0.15) is 18.9 Å². The number of carbonyl (C=O) groups excluding carboxylic acids is 3. The fraction of sp³-hybridized carbons (Fsp3) is 0.500. The minimum absolute atomic E-state index is 0.108. The third-order valence-electron chi connectivity index (χ3n) is 4.42. The molecule has 0 saturated heterocycles. The number of thioether (sulfide) groups is 1. The predicted octanol–water partition coefficient (Wildman–Crippen LogP) is -0.202. The van der Waals surface area contributed by atoms with E-state index in [9.17, 15) is 19.2 Å². The second-order valence-corrected chi connectivity index (χ2v) is 8.30. The summed E-state index contributed by atoms with van der Waals surface area (Å²) >= 11 is 5.49. The maximum Gasteiger partial charge on any atom is 0.325 e. The van der Waals surface area contributed by atoms with Gasteiger partial charge in [0.25, 0.3) is 0 Å². The fourth-order valence-corrected chi connectivity index (χ4v) is 3.21. The topological polar surface area (TPSA) is 151 Å². The Morgan fingerprint density at radius 1 is 1.03 bits per heavy atom. The van der Waals surface area contributed by atoms with Crippen LogP contribution in [-0.4, -0.2) is 70.7 Å². The van der Waals surface area contributed by atoms with Crippen molar-refractivity contribution in [3.05, 3.63) is 35.9 Å². The van der Waals surface area contributed by atoms with Crippen molar-refractivity contribution in [3.63, 3.8) is 0 Å². The Balaban J connectivity index is 2.99. The van der Waals surface area contributed by atoms with Crippen molar-refractivity contribution >= 4 is 48.1 Å². The van der Waals surface area contributed by atoms with Crippen LogP contribution in [0.3, 0.4) is 0 Å². The highest BCUT2D eigenvalue weighted by Crippen LogP contribution is 2.07. The smallest absolute Gasteiger partial charge is 0.325 e. The summed E-state index contributed by atoms with van der Waals surface area (Å²) in [6.07, 6.45) is 2.35. The highest BCUT2D eigenvalue weighted by atomic mass is 32.2. The van der Waals surface area contributed by atoms with Gasteiger partial charge in [-0.05, 0) is 30.9 Å². The van der Waals surface area contributed by atoms with Gasteiger partial charge in [0, 0.05) is 12.2 Å². The summed E-state index contributed by atoms with van der Waals surface area (Å²) in [6.45, 7) is 1.34. The number of benzene rings is 1. The first-order valence-corrected chi connectivity index (χ1v) is 11.7. The van der Waals surface area contributed by atoms with Gasteiger partial charge in [0.15, 0.2) is 0 Å². The molecule has 0 bridgehead atoms. The zero-order valence-electron chi connectivity index (χ0n) is 17.5. The zero-order chi connectivity index (χ0) is 23.4. The largest absolute Gasteiger partial charge is 0.480 e. The van der Waals surface area contributed by atoms with E-state index in [1.165, 1.54) is 18.7 Å². The van der Waals surface area contributed by atoms with Gasteiger partial charge in [-0.25, -0.2) is 0 Å². The Hall–Kier alpha value is -2.24. The van der Waals surface area contributed by atoms with Crippen molar-refractivity contribution in [1.82, 2.24) is 16.0 Å². The quantitative estimate of drug-likeness (QED) is 0.219. The number of thiol groups is 1. The molecule has 9 nitrogen and oxygen atoms in total. The highest BCUT2D eigenvalue weighted by Gasteiger charge is 2.29. The van der Waals surface area contributed by atoms with Gasteiger partial charge < -0.3 is 26.8 Å². The van der Waals surface area contributed by atoms with Gasteiger partial charge in [0.1, 0.15) is 18.1 Å². The number of hydrogen-bond donors (Lipinski definition) is 6. The first-order chi connectivity index (χ1) is 14.7. The molecule has 0 aromatic heterocycles. The van der Waals surface area contributed by atoms with Crippen LogP contribution in [0.15, 0.2) is 30.3 Å². The number of nitrogens with two attached hydrogens (primary N) is 1. The molecule has 0 fully saturated rings. The lowest BCUT2D eigenvalue weighted by molar-refractivity contribution is -0.141. The second kappa shape index (κ2) is 13.9. The summed E-state index contributed by atoms with van der Waals surface area (Å²) in [5.74, 6) is -2.20. The maximum atomic E-state index is 13.0. The van der Waals surface area contributed by atoms with Crippen LogP contribution in [0.4, 0.5) is 0 Å². The van der Waals surface area contributed by atoms with E-state index in [2.05, 4.69) is 28.6 Å². The van der Waals surface area contributed by atoms with Crippen molar-refractivity contribution in [2.24, 2.45) is 5.73 Å².